The Labute approximate surface area is 107 Å². The molecule has 0 heterocycles. The fourth-order valence-corrected chi connectivity index (χ4v) is 3.42. The lowest BCUT2D eigenvalue weighted by atomic mass is 9.86. The van der Waals surface area contributed by atoms with Crippen LogP contribution in [0.1, 0.15) is 19.3 Å². The number of hydrogen-bond donors (Lipinski definition) is 1. The predicted octanol–water partition coefficient (Wildman–Crippen LogP) is 1.83. The summed E-state index contributed by atoms with van der Waals surface area (Å²) < 4.78 is 39.1. The highest BCUT2D eigenvalue weighted by Gasteiger charge is 2.28. The van der Waals surface area contributed by atoms with Gasteiger partial charge in [0.05, 0.1) is 5.69 Å². The molecule has 1 aliphatic carbocycles. The Bertz CT molecular complexity index is 541. The Hall–Kier alpha value is -1.14. The summed E-state index contributed by atoms with van der Waals surface area (Å²) in [4.78, 5) is -0.149. The molecule has 100 valence electrons. The topological polar surface area (TPSA) is 63.4 Å². The van der Waals surface area contributed by atoms with E-state index in [4.69, 9.17) is 5.73 Å². The molecule has 0 radical (unpaired) electrons. The Kier molecular flexibility index (Phi) is 3.59. The van der Waals surface area contributed by atoms with Crippen LogP contribution in [0, 0.1) is 11.7 Å². The van der Waals surface area contributed by atoms with E-state index in [0.29, 0.717) is 12.5 Å². The summed E-state index contributed by atoms with van der Waals surface area (Å²) in [7, 11) is -2.18. The molecule has 0 unspecified atom stereocenters. The van der Waals surface area contributed by atoms with Crippen LogP contribution < -0.4 is 5.73 Å². The average molecular weight is 272 g/mol. The SMILES string of the molecule is CN(CC1CCC1)S(=O)(=O)c1cccc(F)c1N. The highest BCUT2D eigenvalue weighted by molar-refractivity contribution is 7.89. The zero-order valence-electron chi connectivity index (χ0n) is 10.3. The number of benzene rings is 1. The maximum Gasteiger partial charge on any atom is 0.244 e. The fraction of sp³-hybridized carbons (Fsp3) is 0.500. The van der Waals surface area contributed by atoms with Gasteiger partial charge in [-0.15, -0.1) is 0 Å². The monoisotopic (exact) mass is 272 g/mol. The Morgan fingerprint density at radius 3 is 2.67 bits per heavy atom. The van der Waals surface area contributed by atoms with E-state index in [9.17, 15) is 12.8 Å². The molecule has 4 nitrogen and oxygen atoms in total. The summed E-state index contributed by atoms with van der Waals surface area (Å²) in [5, 5.41) is 0. The number of para-hydroxylation sites is 1. The number of nitrogens with zero attached hydrogens (tertiary/aromatic N) is 1. The van der Waals surface area contributed by atoms with Gasteiger partial charge in [0.25, 0.3) is 0 Å². The maximum atomic E-state index is 13.3. The summed E-state index contributed by atoms with van der Waals surface area (Å²) in [5.74, 6) is -0.285. The van der Waals surface area contributed by atoms with Crippen LogP contribution in [-0.2, 0) is 10.0 Å². The summed E-state index contributed by atoms with van der Waals surface area (Å²) in [6.45, 7) is 0.471. The highest BCUT2D eigenvalue weighted by Crippen LogP contribution is 2.30. The molecule has 1 fully saturated rings. The Morgan fingerprint density at radius 2 is 2.11 bits per heavy atom. The number of anilines is 1. The van der Waals surface area contributed by atoms with Crippen molar-refractivity contribution < 1.29 is 12.8 Å². The first-order chi connectivity index (χ1) is 8.43. The first-order valence-corrected chi connectivity index (χ1v) is 7.37. The van der Waals surface area contributed by atoms with Crippen LogP contribution in [0.5, 0.6) is 0 Å². The van der Waals surface area contributed by atoms with Crippen LogP contribution in [0.3, 0.4) is 0 Å². The Balaban J connectivity index is 2.26. The van der Waals surface area contributed by atoms with Crippen molar-refractivity contribution in [1.29, 1.82) is 0 Å². The second-order valence-electron chi connectivity index (χ2n) is 4.73. The van der Waals surface area contributed by atoms with Crippen LogP contribution >= 0.6 is 0 Å². The third-order valence-corrected chi connectivity index (χ3v) is 5.32. The molecule has 0 atom stereocenters. The molecule has 2 N–H and O–H groups in total. The van der Waals surface area contributed by atoms with E-state index in [1.807, 2.05) is 0 Å². The van der Waals surface area contributed by atoms with Crippen LogP contribution in [0.15, 0.2) is 23.1 Å². The quantitative estimate of drug-likeness (QED) is 0.850. The molecule has 1 aromatic rings. The minimum Gasteiger partial charge on any atom is -0.395 e. The zero-order chi connectivity index (χ0) is 13.3. The van der Waals surface area contributed by atoms with Crippen molar-refractivity contribution >= 4 is 15.7 Å². The number of sulfonamides is 1. The van der Waals surface area contributed by atoms with Crippen molar-refractivity contribution in [1.82, 2.24) is 4.31 Å². The zero-order valence-corrected chi connectivity index (χ0v) is 11.1. The summed E-state index contributed by atoms with van der Waals surface area (Å²) >= 11 is 0. The van der Waals surface area contributed by atoms with E-state index in [2.05, 4.69) is 0 Å². The van der Waals surface area contributed by atoms with E-state index in [1.54, 1.807) is 0 Å². The van der Waals surface area contributed by atoms with Gasteiger partial charge in [0.2, 0.25) is 10.0 Å². The first kappa shape index (κ1) is 13.3. The van der Waals surface area contributed by atoms with Gasteiger partial charge in [-0.3, -0.25) is 0 Å². The van der Waals surface area contributed by atoms with Crippen LogP contribution in [0.25, 0.3) is 0 Å². The van der Waals surface area contributed by atoms with Gasteiger partial charge in [-0.2, -0.15) is 0 Å². The molecular formula is C12H17FN2O2S. The van der Waals surface area contributed by atoms with E-state index < -0.39 is 15.8 Å². The van der Waals surface area contributed by atoms with Crippen molar-refractivity contribution in [3.8, 4) is 0 Å². The normalized spacial score (nSPS) is 16.8. The number of hydrogen-bond acceptors (Lipinski definition) is 3. The number of nitrogen functional groups attached to an aromatic ring is 1. The van der Waals surface area contributed by atoms with Gasteiger partial charge >= 0.3 is 0 Å². The van der Waals surface area contributed by atoms with E-state index in [1.165, 1.54) is 23.5 Å². The number of rotatable bonds is 4. The lowest BCUT2D eigenvalue weighted by Gasteiger charge is -2.29. The molecule has 0 aromatic heterocycles. The van der Waals surface area contributed by atoms with Gasteiger partial charge < -0.3 is 5.73 Å². The van der Waals surface area contributed by atoms with Crippen LogP contribution in [-0.4, -0.2) is 26.3 Å². The van der Waals surface area contributed by atoms with Crippen LogP contribution in [0.4, 0.5) is 10.1 Å². The number of nitrogens with two attached hydrogens (primary N) is 1. The molecular weight excluding hydrogens is 255 g/mol. The predicted molar refractivity (Wildman–Crippen MR) is 68.0 cm³/mol. The smallest absolute Gasteiger partial charge is 0.244 e. The van der Waals surface area contributed by atoms with Crippen LogP contribution in [0.2, 0.25) is 0 Å². The molecule has 1 aromatic carbocycles. The molecule has 6 heteroatoms. The molecule has 2 rings (SSSR count). The summed E-state index contributed by atoms with van der Waals surface area (Å²) in [6, 6.07) is 3.85. The molecule has 0 amide bonds. The lowest BCUT2D eigenvalue weighted by Crippen LogP contribution is -2.34. The third kappa shape index (κ3) is 2.35. The average Bonchev–Trinajstić information content (AvgIpc) is 2.26. The molecule has 0 aliphatic heterocycles. The minimum absolute atomic E-state index is 0.149. The minimum atomic E-state index is -3.70. The largest absolute Gasteiger partial charge is 0.395 e. The molecule has 18 heavy (non-hydrogen) atoms. The molecule has 0 spiro atoms. The van der Waals surface area contributed by atoms with Gasteiger partial charge in [0.1, 0.15) is 10.7 Å². The molecule has 0 bridgehead atoms. The van der Waals surface area contributed by atoms with Gasteiger partial charge in [-0.05, 0) is 30.9 Å². The number of halogens is 1. The van der Waals surface area contributed by atoms with Crippen molar-refractivity contribution in [2.24, 2.45) is 5.92 Å². The third-order valence-electron chi connectivity index (χ3n) is 3.44. The van der Waals surface area contributed by atoms with Crippen molar-refractivity contribution in [2.45, 2.75) is 24.2 Å². The van der Waals surface area contributed by atoms with Crippen molar-refractivity contribution in [2.75, 3.05) is 19.3 Å². The first-order valence-electron chi connectivity index (χ1n) is 5.93. The second kappa shape index (κ2) is 4.85. The Morgan fingerprint density at radius 1 is 1.44 bits per heavy atom. The standard InChI is InChI=1S/C12H17FN2O2S/c1-15(8-9-4-2-5-9)18(16,17)11-7-3-6-10(13)12(11)14/h3,6-7,9H,2,4-5,8,14H2,1H3. The van der Waals surface area contributed by atoms with Crippen molar-refractivity contribution in [3.05, 3.63) is 24.0 Å². The van der Waals surface area contributed by atoms with E-state index in [0.717, 1.165) is 25.3 Å². The van der Waals surface area contributed by atoms with E-state index in [-0.39, 0.29) is 10.6 Å². The lowest BCUT2D eigenvalue weighted by molar-refractivity contribution is 0.263. The highest BCUT2D eigenvalue weighted by atomic mass is 32.2. The molecule has 1 saturated carbocycles. The molecule has 0 saturated heterocycles. The van der Waals surface area contributed by atoms with Gasteiger partial charge in [0.15, 0.2) is 0 Å². The van der Waals surface area contributed by atoms with E-state index >= 15 is 0 Å². The van der Waals surface area contributed by atoms with Gasteiger partial charge in [0, 0.05) is 13.6 Å². The van der Waals surface area contributed by atoms with Gasteiger partial charge in [-0.1, -0.05) is 12.5 Å². The van der Waals surface area contributed by atoms with Crippen molar-refractivity contribution in [3.63, 3.8) is 0 Å². The second-order valence-corrected chi connectivity index (χ2v) is 6.75. The van der Waals surface area contributed by atoms with Gasteiger partial charge in [-0.25, -0.2) is 17.1 Å². The maximum absolute atomic E-state index is 13.3. The summed E-state index contributed by atoms with van der Waals surface area (Å²) in [5.41, 5.74) is 5.20. The summed E-state index contributed by atoms with van der Waals surface area (Å²) in [6.07, 6.45) is 3.26. The fourth-order valence-electron chi connectivity index (χ4n) is 2.05. The molecule has 1 aliphatic rings.